The number of aryl methyl sites for hydroxylation is 1. The minimum Gasteiger partial charge on any atom is -0.327 e. The molecule has 4 nitrogen and oxygen atoms in total. The molecule has 0 saturated heterocycles. The van der Waals surface area contributed by atoms with E-state index in [1.807, 2.05) is 18.2 Å². The molecule has 0 amide bonds. The molecule has 0 atom stereocenters. The van der Waals surface area contributed by atoms with Gasteiger partial charge in [-0.1, -0.05) is 11.6 Å². The predicted molar refractivity (Wildman–Crippen MR) is 77.2 cm³/mol. The summed E-state index contributed by atoms with van der Waals surface area (Å²) >= 11 is 5.98. The number of hydrogen-bond acceptors (Lipinski definition) is 3. The average molecular weight is 277 g/mol. The van der Waals surface area contributed by atoms with Gasteiger partial charge in [-0.05, 0) is 45.3 Å². The first kappa shape index (κ1) is 13.9. The van der Waals surface area contributed by atoms with Crippen LogP contribution in [-0.4, -0.2) is 35.1 Å². The van der Waals surface area contributed by atoms with Crippen LogP contribution in [0.1, 0.15) is 12.2 Å². The Bertz CT molecular complexity index is 610. The van der Waals surface area contributed by atoms with Crippen molar-refractivity contribution >= 4 is 22.6 Å². The Morgan fingerprint density at radius 2 is 2.21 bits per heavy atom. The first-order valence-corrected chi connectivity index (χ1v) is 6.66. The van der Waals surface area contributed by atoms with Crippen LogP contribution in [0.4, 0.5) is 0 Å². The van der Waals surface area contributed by atoms with E-state index < -0.39 is 0 Å². The fourth-order valence-electron chi connectivity index (χ4n) is 2.15. The molecule has 2 rings (SSSR count). The number of nitriles is 1. The predicted octanol–water partition coefficient (Wildman–Crippen LogP) is 2.71. The zero-order valence-electron chi connectivity index (χ0n) is 11.2. The number of aromatic nitrogens is 2. The molecule has 1 heterocycles. The number of rotatable bonds is 5. The van der Waals surface area contributed by atoms with Gasteiger partial charge in [0, 0.05) is 11.6 Å². The van der Waals surface area contributed by atoms with Gasteiger partial charge in [0.05, 0.1) is 23.5 Å². The molecule has 0 bridgehead atoms. The third-order valence-corrected chi connectivity index (χ3v) is 3.25. The van der Waals surface area contributed by atoms with Crippen LogP contribution in [-0.2, 0) is 13.0 Å². The van der Waals surface area contributed by atoms with Gasteiger partial charge in [0.2, 0.25) is 0 Å². The lowest BCUT2D eigenvalue weighted by atomic mass is 10.3. The standard InChI is InChI=1S/C14H17ClN4/c1-18(2)8-3-9-19-13-5-4-11(15)10-12(13)17-14(19)6-7-16/h4-5,10H,3,6,8-9H2,1-2H3. The van der Waals surface area contributed by atoms with Crippen LogP contribution >= 0.6 is 11.6 Å². The first-order valence-electron chi connectivity index (χ1n) is 6.28. The number of halogens is 1. The molecule has 0 radical (unpaired) electrons. The van der Waals surface area contributed by atoms with Gasteiger partial charge in [-0.3, -0.25) is 0 Å². The second-order valence-corrected chi connectivity index (χ2v) is 5.24. The van der Waals surface area contributed by atoms with E-state index in [9.17, 15) is 0 Å². The number of imidazole rings is 1. The summed E-state index contributed by atoms with van der Waals surface area (Å²) in [5.41, 5.74) is 1.91. The lowest BCUT2D eigenvalue weighted by Gasteiger charge is -2.11. The maximum absolute atomic E-state index is 8.90. The molecule has 0 fully saturated rings. The summed E-state index contributed by atoms with van der Waals surface area (Å²) in [6.07, 6.45) is 1.35. The molecule has 100 valence electrons. The van der Waals surface area contributed by atoms with E-state index in [2.05, 4.69) is 34.6 Å². The van der Waals surface area contributed by atoms with Crippen molar-refractivity contribution in [2.45, 2.75) is 19.4 Å². The van der Waals surface area contributed by atoms with Gasteiger partial charge in [0.15, 0.2) is 0 Å². The summed E-state index contributed by atoms with van der Waals surface area (Å²) in [5, 5.41) is 9.57. The lowest BCUT2D eigenvalue weighted by Crippen LogP contribution is -2.15. The topological polar surface area (TPSA) is 44.9 Å². The van der Waals surface area contributed by atoms with Crippen molar-refractivity contribution in [2.24, 2.45) is 0 Å². The highest BCUT2D eigenvalue weighted by Crippen LogP contribution is 2.21. The molecule has 0 aliphatic heterocycles. The Hall–Kier alpha value is -1.57. The second kappa shape index (κ2) is 6.05. The maximum atomic E-state index is 8.90. The molecule has 0 spiro atoms. The van der Waals surface area contributed by atoms with E-state index in [1.165, 1.54) is 0 Å². The monoisotopic (exact) mass is 276 g/mol. The fraction of sp³-hybridized carbons (Fsp3) is 0.429. The van der Waals surface area contributed by atoms with E-state index >= 15 is 0 Å². The summed E-state index contributed by atoms with van der Waals surface area (Å²) < 4.78 is 2.12. The number of hydrogen-bond donors (Lipinski definition) is 0. The Morgan fingerprint density at radius 1 is 1.42 bits per heavy atom. The van der Waals surface area contributed by atoms with Crippen molar-refractivity contribution in [3.05, 3.63) is 29.0 Å². The molecule has 19 heavy (non-hydrogen) atoms. The summed E-state index contributed by atoms with van der Waals surface area (Å²) in [6, 6.07) is 7.86. The van der Waals surface area contributed by atoms with Crippen LogP contribution in [0.3, 0.4) is 0 Å². The van der Waals surface area contributed by atoms with Gasteiger partial charge in [0.1, 0.15) is 5.82 Å². The van der Waals surface area contributed by atoms with Crippen molar-refractivity contribution in [1.82, 2.24) is 14.5 Å². The molecule has 0 aliphatic rings. The molecule has 0 aliphatic carbocycles. The minimum absolute atomic E-state index is 0.328. The van der Waals surface area contributed by atoms with E-state index in [0.717, 1.165) is 36.4 Å². The lowest BCUT2D eigenvalue weighted by molar-refractivity contribution is 0.386. The molecular formula is C14H17ClN4. The molecule has 0 N–H and O–H groups in total. The van der Waals surface area contributed by atoms with Crippen molar-refractivity contribution in [3.63, 3.8) is 0 Å². The third kappa shape index (κ3) is 3.25. The van der Waals surface area contributed by atoms with E-state index in [4.69, 9.17) is 16.9 Å². The van der Waals surface area contributed by atoms with Gasteiger partial charge in [-0.25, -0.2) is 4.98 Å². The number of nitrogens with zero attached hydrogens (tertiary/aromatic N) is 4. The summed E-state index contributed by atoms with van der Waals surface area (Å²) in [7, 11) is 4.12. The second-order valence-electron chi connectivity index (χ2n) is 4.80. The highest BCUT2D eigenvalue weighted by atomic mass is 35.5. The smallest absolute Gasteiger partial charge is 0.124 e. The van der Waals surface area contributed by atoms with Crippen molar-refractivity contribution < 1.29 is 0 Å². The van der Waals surface area contributed by atoms with Crippen LogP contribution in [0.5, 0.6) is 0 Å². The first-order chi connectivity index (χ1) is 9.11. The zero-order chi connectivity index (χ0) is 13.8. The van der Waals surface area contributed by atoms with Crippen LogP contribution in [0.15, 0.2) is 18.2 Å². The molecule has 2 aromatic rings. The van der Waals surface area contributed by atoms with E-state index in [-0.39, 0.29) is 0 Å². The van der Waals surface area contributed by atoms with Crippen LogP contribution < -0.4 is 0 Å². The van der Waals surface area contributed by atoms with Crippen molar-refractivity contribution in [3.8, 4) is 6.07 Å². The van der Waals surface area contributed by atoms with E-state index in [1.54, 1.807) is 0 Å². The van der Waals surface area contributed by atoms with Crippen LogP contribution in [0, 0.1) is 11.3 Å². The Balaban J connectivity index is 2.32. The third-order valence-electron chi connectivity index (χ3n) is 3.01. The van der Waals surface area contributed by atoms with Crippen molar-refractivity contribution in [1.29, 1.82) is 5.26 Å². The van der Waals surface area contributed by atoms with Gasteiger partial charge in [-0.15, -0.1) is 0 Å². The largest absolute Gasteiger partial charge is 0.327 e. The molecule has 1 aromatic heterocycles. The van der Waals surface area contributed by atoms with Gasteiger partial charge in [0.25, 0.3) is 0 Å². The number of benzene rings is 1. The van der Waals surface area contributed by atoms with Gasteiger partial charge >= 0.3 is 0 Å². The molecular weight excluding hydrogens is 260 g/mol. The van der Waals surface area contributed by atoms with E-state index in [0.29, 0.717) is 11.4 Å². The Labute approximate surface area is 118 Å². The summed E-state index contributed by atoms with van der Waals surface area (Å²) in [4.78, 5) is 6.66. The van der Waals surface area contributed by atoms with Crippen LogP contribution in [0.25, 0.3) is 11.0 Å². The zero-order valence-corrected chi connectivity index (χ0v) is 12.0. The highest BCUT2D eigenvalue weighted by Gasteiger charge is 2.10. The highest BCUT2D eigenvalue weighted by molar-refractivity contribution is 6.31. The quantitative estimate of drug-likeness (QED) is 0.843. The minimum atomic E-state index is 0.328. The molecule has 0 unspecified atom stereocenters. The molecule has 5 heteroatoms. The van der Waals surface area contributed by atoms with Crippen molar-refractivity contribution in [2.75, 3.05) is 20.6 Å². The average Bonchev–Trinajstić information content (AvgIpc) is 2.66. The summed E-state index contributed by atoms with van der Waals surface area (Å²) in [6.45, 7) is 1.88. The molecule has 1 aromatic carbocycles. The van der Waals surface area contributed by atoms with Crippen LogP contribution in [0.2, 0.25) is 5.02 Å². The maximum Gasteiger partial charge on any atom is 0.124 e. The fourth-order valence-corrected chi connectivity index (χ4v) is 2.32. The normalized spacial score (nSPS) is 11.1. The summed E-state index contributed by atoms with van der Waals surface area (Å²) in [5.74, 6) is 0.818. The number of fused-ring (bicyclic) bond motifs is 1. The molecule has 0 saturated carbocycles. The Kier molecular flexibility index (Phi) is 4.41. The Morgan fingerprint density at radius 3 is 2.89 bits per heavy atom. The van der Waals surface area contributed by atoms with Gasteiger partial charge in [-0.2, -0.15) is 5.26 Å². The van der Waals surface area contributed by atoms with Gasteiger partial charge < -0.3 is 9.47 Å². The SMILES string of the molecule is CN(C)CCCn1c(CC#N)nc2cc(Cl)ccc21.